The van der Waals surface area contributed by atoms with Gasteiger partial charge in [0, 0.05) is 11.4 Å². The lowest BCUT2D eigenvalue weighted by molar-refractivity contribution is 0.130. The van der Waals surface area contributed by atoms with Crippen molar-refractivity contribution in [2.75, 3.05) is 11.1 Å². The van der Waals surface area contributed by atoms with Crippen molar-refractivity contribution in [3.63, 3.8) is 0 Å². The van der Waals surface area contributed by atoms with Crippen molar-refractivity contribution in [3.05, 3.63) is 23.8 Å². The number of nitrogens with one attached hydrogen (secondary N) is 1. The number of carbonyl (C=O) groups excluding carboxylic acids is 1. The average Bonchev–Trinajstić information content (AvgIpc) is 2.11. The fraction of sp³-hybridized carbons (Fsp3) is 0.364. The largest absolute Gasteiger partial charge is 0.447 e. The van der Waals surface area contributed by atoms with Crippen LogP contribution in [0.1, 0.15) is 19.4 Å². The molecule has 0 saturated carbocycles. The van der Waals surface area contributed by atoms with Gasteiger partial charge in [0.15, 0.2) is 0 Å². The Balaban J connectivity index is 2.73. The fourth-order valence-electron chi connectivity index (χ4n) is 1.14. The molecule has 0 aromatic heterocycles. The van der Waals surface area contributed by atoms with Gasteiger partial charge in [-0.1, -0.05) is 6.07 Å². The quantitative estimate of drug-likeness (QED) is 0.734. The van der Waals surface area contributed by atoms with Gasteiger partial charge in [-0.15, -0.1) is 0 Å². The Kier molecular flexibility index (Phi) is 3.55. The minimum atomic E-state index is -0.460. The van der Waals surface area contributed by atoms with Crippen molar-refractivity contribution in [2.45, 2.75) is 26.9 Å². The minimum absolute atomic E-state index is 0.133. The lowest BCUT2D eigenvalue weighted by atomic mass is 10.1. The van der Waals surface area contributed by atoms with Gasteiger partial charge in [0.2, 0.25) is 0 Å². The Labute approximate surface area is 89.4 Å². The summed E-state index contributed by atoms with van der Waals surface area (Å²) in [5, 5.41) is 2.64. The van der Waals surface area contributed by atoms with Crippen molar-refractivity contribution < 1.29 is 9.53 Å². The first-order valence-electron chi connectivity index (χ1n) is 4.83. The highest BCUT2D eigenvalue weighted by Gasteiger charge is 2.08. The molecule has 4 heteroatoms. The summed E-state index contributed by atoms with van der Waals surface area (Å²) in [6, 6.07) is 5.36. The third-order valence-corrected chi connectivity index (χ3v) is 1.96. The van der Waals surface area contributed by atoms with E-state index < -0.39 is 6.09 Å². The van der Waals surface area contributed by atoms with Crippen LogP contribution in [0.3, 0.4) is 0 Å². The molecule has 15 heavy (non-hydrogen) atoms. The summed E-state index contributed by atoms with van der Waals surface area (Å²) in [4.78, 5) is 11.3. The van der Waals surface area contributed by atoms with Gasteiger partial charge >= 0.3 is 6.09 Å². The molecule has 0 aliphatic rings. The van der Waals surface area contributed by atoms with E-state index in [1.807, 2.05) is 6.92 Å². The normalized spacial score (nSPS) is 10.1. The van der Waals surface area contributed by atoms with E-state index in [9.17, 15) is 4.79 Å². The second kappa shape index (κ2) is 4.68. The highest BCUT2D eigenvalue weighted by Crippen LogP contribution is 2.20. The van der Waals surface area contributed by atoms with Gasteiger partial charge in [-0.3, -0.25) is 5.32 Å². The Bertz CT molecular complexity index is 362. The summed E-state index contributed by atoms with van der Waals surface area (Å²) >= 11 is 0. The summed E-state index contributed by atoms with van der Waals surface area (Å²) in [5.74, 6) is 0. The van der Waals surface area contributed by atoms with Gasteiger partial charge in [0.1, 0.15) is 0 Å². The maximum atomic E-state index is 11.3. The van der Waals surface area contributed by atoms with Gasteiger partial charge in [0.25, 0.3) is 0 Å². The molecule has 0 unspecified atom stereocenters. The van der Waals surface area contributed by atoms with E-state index in [-0.39, 0.29) is 6.10 Å². The van der Waals surface area contributed by atoms with Gasteiger partial charge in [-0.05, 0) is 38.5 Å². The van der Waals surface area contributed by atoms with Crippen LogP contribution in [-0.2, 0) is 4.74 Å². The van der Waals surface area contributed by atoms with Gasteiger partial charge < -0.3 is 10.5 Å². The van der Waals surface area contributed by atoms with Crippen LogP contribution in [0.25, 0.3) is 0 Å². The number of nitrogen functional groups attached to an aromatic ring is 1. The van der Waals surface area contributed by atoms with Gasteiger partial charge in [-0.2, -0.15) is 0 Å². The van der Waals surface area contributed by atoms with Crippen LogP contribution in [0.4, 0.5) is 16.2 Å². The molecule has 1 aromatic rings. The summed E-state index contributed by atoms with van der Waals surface area (Å²) in [6.07, 6.45) is -0.593. The Morgan fingerprint density at radius 3 is 2.73 bits per heavy atom. The molecule has 0 bridgehead atoms. The first-order valence-corrected chi connectivity index (χ1v) is 4.83. The molecule has 1 rings (SSSR count). The van der Waals surface area contributed by atoms with Crippen molar-refractivity contribution in [1.29, 1.82) is 0 Å². The molecular formula is C11H16N2O2. The maximum absolute atomic E-state index is 11.3. The van der Waals surface area contributed by atoms with Crippen LogP contribution in [-0.4, -0.2) is 12.2 Å². The van der Waals surface area contributed by atoms with Crippen LogP contribution in [0.2, 0.25) is 0 Å². The number of ether oxygens (including phenoxy) is 1. The summed E-state index contributed by atoms with van der Waals surface area (Å²) in [5.41, 5.74) is 7.88. The highest BCUT2D eigenvalue weighted by molar-refractivity contribution is 5.86. The zero-order valence-electron chi connectivity index (χ0n) is 9.20. The van der Waals surface area contributed by atoms with E-state index in [1.165, 1.54) is 0 Å². The van der Waals surface area contributed by atoms with Crippen molar-refractivity contribution in [3.8, 4) is 0 Å². The minimum Gasteiger partial charge on any atom is -0.447 e. The number of hydrogen-bond donors (Lipinski definition) is 2. The number of benzene rings is 1. The molecule has 4 nitrogen and oxygen atoms in total. The van der Waals surface area contributed by atoms with E-state index in [0.29, 0.717) is 11.4 Å². The maximum Gasteiger partial charge on any atom is 0.411 e. The second-order valence-electron chi connectivity index (χ2n) is 3.60. The molecule has 1 amide bonds. The smallest absolute Gasteiger partial charge is 0.411 e. The van der Waals surface area contributed by atoms with Crippen LogP contribution in [0.5, 0.6) is 0 Å². The third-order valence-electron chi connectivity index (χ3n) is 1.96. The van der Waals surface area contributed by atoms with Crippen molar-refractivity contribution >= 4 is 17.5 Å². The topological polar surface area (TPSA) is 64.3 Å². The monoisotopic (exact) mass is 208 g/mol. The lowest BCUT2D eigenvalue weighted by Gasteiger charge is -2.12. The van der Waals surface area contributed by atoms with E-state index in [2.05, 4.69) is 5.32 Å². The van der Waals surface area contributed by atoms with Crippen LogP contribution in [0, 0.1) is 6.92 Å². The van der Waals surface area contributed by atoms with Gasteiger partial charge in [0.05, 0.1) is 6.10 Å². The second-order valence-corrected chi connectivity index (χ2v) is 3.60. The van der Waals surface area contributed by atoms with Crippen LogP contribution < -0.4 is 11.1 Å². The lowest BCUT2D eigenvalue weighted by Crippen LogP contribution is -2.18. The standard InChI is InChI=1S/C11H16N2O2/c1-7(2)15-11(14)13-10-6-4-5-9(12)8(10)3/h4-7H,12H2,1-3H3,(H,13,14). The highest BCUT2D eigenvalue weighted by atomic mass is 16.6. The third kappa shape index (κ3) is 3.16. The molecule has 0 heterocycles. The van der Waals surface area contributed by atoms with Crippen LogP contribution >= 0.6 is 0 Å². The zero-order valence-corrected chi connectivity index (χ0v) is 9.20. The predicted octanol–water partition coefficient (Wildman–Crippen LogP) is 2.53. The number of rotatable bonds is 2. The molecular weight excluding hydrogens is 192 g/mol. The molecule has 82 valence electrons. The van der Waals surface area contributed by atoms with E-state index in [4.69, 9.17) is 10.5 Å². The van der Waals surface area contributed by atoms with E-state index in [0.717, 1.165) is 5.56 Å². The molecule has 3 N–H and O–H groups in total. The number of anilines is 2. The Morgan fingerprint density at radius 2 is 2.13 bits per heavy atom. The number of amides is 1. The Hall–Kier alpha value is -1.71. The van der Waals surface area contributed by atoms with Crippen molar-refractivity contribution in [2.24, 2.45) is 0 Å². The molecule has 0 aliphatic carbocycles. The molecule has 0 saturated heterocycles. The van der Waals surface area contributed by atoms with Crippen LogP contribution in [0.15, 0.2) is 18.2 Å². The first kappa shape index (κ1) is 11.4. The molecule has 0 fully saturated rings. The first-order chi connectivity index (χ1) is 7.00. The number of carbonyl (C=O) groups is 1. The SMILES string of the molecule is Cc1c(N)cccc1NC(=O)OC(C)C. The zero-order chi connectivity index (χ0) is 11.4. The molecule has 1 aromatic carbocycles. The van der Waals surface area contributed by atoms with E-state index >= 15 is 0 Å². The molecule has 0 radical (unpaired) electrons. The van der Waals surface area contributed by atoms with Gasteiger partial charge in [-0.25, -0.2) is 4.79 Å². The summed E-state index contributed by atoms with van der Waals surface area (Å²) in [7, 11) is 0. The van der Waals surface area contributed by atoms with Crippen molar-refractivity contribution in [1.82, 2.24) is 0 Å². The summed E-state index contributed by atoms with van der Waals surface area (Å²) in [6.45, 7) is 5.44. The predicted molar refractivity (Wildman–Crippen MR) is 60.8 cm³/mol. The fourth-order valence-corrected chi connectivity index (χ4v) is 1.14. The average molecular weight is 208 g/mol. The molecule has 0 atom stereocenters. The van der Waals surface area contributed by atoms with E-state index in [1.54, 1.807) is 32.0 Å². The molecule has 0 aliphatic heterocycles. The Morgan fingerprint density at radius 1 is 1.47 bits per heavy atom. The molecule has 0 spiro atoms. The number of hydrogen-bond acceptors (Lipinski definition) is 3. The summed E-state index contributed by atoms with van der Waals surface area (Å²) < 4.78 is 4.96. The number of nitrogens with two attached hydrogens (primary N) is 1.